The first-order chi connectivity index (χ1) is 8.21. The summed E-state index contributed by atoms with van der Waals surface area (Å²) >= 11 is 0. The van der Waals surface area contributed by atoms with Gasteiger partial charge in [0.1, 0.15) is 0 Å². The van der Waals surface area contributed by atoms with Gasteiger partial charge in [0, 0.05) is 31.2 Å². The van der Waals surface area contributed by atoms with Gasteiger partial charge >= 0.3 is 0 Å². The number of hydrogen-bond acceptors (Lipinski definition) is 4. The molecule has 0 aromatic carbocycles. The Labute approximate surface area is 112 Å². The Morgan fingerprint density at radius 2 is 2.06 bits per heavy atom. The van der Waals surface area contributed by atoms with Crippen molar-refractivity contribution in [2.45, 2.75) is 57.9 Å². The Bertz CT molecular complexity index is 367. The van der Waals surface area contributed by atoms with Gasteiger partial charge in [0.05, 0.1) is 11.0 Å². The number of nitrogens with zero attached hydrogens (tertiary/aromatic N) is 1. The topological polar surface area (TPSA) is 49.4 Å². The van der Waals surface area contributed by atoms with Gasteiger partial charge in [-0.2, -0.15) is 0 Å². The van der Waals surface area contributed by atoms with Crippen LogP contribution in [0.5, 0.6) is 0 Å². The Morgan fingerprint density at radius 3 is 2.56 bits per heavy atom. The Morgan fingerprint density at radius 1 is 1.44 bits per heavy atom. The van der Waals surface area contributed by atoms with E-state index in [0.717, 1.165) is 19.5 Å². The van der Waals surface area contributed by atoms with Gasteiger partial charge in [0.2, 0.25) is 0 Å². The highest BCUT2D eigenvalue weighted by Gasteiger charge is 2.35. The van der Waals surface area contributed by atoms with E-state index >= 15 is 0 Å². The molecule has 0 aromatic rings. The molecule has 0 aliphatic carbocycles. The van der Waals surface area contributed by atoms with Crippen LogP contribution in [-0.4, -0.2) is 55.5 Å². The molecule has 1 aliphatic heterocycles. The van der Waals surface area contributed by atoms with E-state index in [9.17, 15) is 8.42 Å². The fraction of sp³-hybridized carbons (Fsp3) is 1.00. The van der Waals surface area contributed by atoms with Crippen LogP contribution in [0.1, 0.15) is 41.0 Å². The maximum Gasteiger partial charge on any atom is 0.153 e. The van der Waals surface area contributed by atoms with E-state index in [1.807, 2.05) is 0 Å². The van der Waals surface area contributed by atoms with Crippen molar-refractivity contribution >= 4 is 9.84 Å². The van der Waals surface area contributed by atoms with Crippen LogP contribution in [0.2, 0.25) is 0 Å². The van der Waals surface area contributed by atoms with E-state index in [0.29, 0.717) is 12.6 Å². The molecule has 1 aliphatic rings. The summed E-state index contributed by atoms with van der Waals surface area (Å²) in [7, 11) is -2.94. The van der Waals surface area contributed by atoms with Gasteiger partial charge in [0.15, 0.2) is 9.84 Å². The van der Waals surface area contributed by atoms with Crippen LogP contribution in [0.3, 0.4) is 0 Å². The SMILES string of the molecule is CCC1(C)CNC(C)CN1CCS(=O)(=O)C(C)C. The minimum absolute atomic E-state index is 0.0824. The monoisotopic (exact) mass is 276 g/mol. The van der Waals surface area contributed by atoms with Gasteiger partial charge in [-0.1, -0.05) is 6.92 Å². The van der Waals surface area contributed by atoms with Crippen LogP contribution in [0.15, 0.2) is 0 Å². The molecule has 0 bridgehead atoms. The molecule has 1 saturated heterocycles. The summed E-state index contributed by atoms with van der Waals surface area (Å²) in [6, 6.07) is 0.436. The van der Waals surface area contributed by atoms with E-state index < -0.39 is 9.84 Å². The smallest absolute Gasteiger partial charge is 0.153 e. The third-order valence-electron chi connectivity index (χ3n) is 4.21. The van der Waals surface area contributed by atoms with E-state index in [1.54, 1.807) is 13.8 Å². The second-order valence-corrected chi connectivity index (χ2v) is 8.67. The van der Waals surface area contributed by atoms with Crippen molar-refractivity contribution in [2.24, 2.45) is 0 Å². The third kappa shape index (κ3) is 3.68. The molecule has 2 atom stereocenters. The molecule has 1 rings (SSSR count). The summed E-state index contributed by atoms with van der Waals surface area (Å²) in [5.74, 6) is 0.271. The number of rotatable bonds is 5. The first-order valence-electron chi connectivity index (χ1n) is 6.91. The zero-order chi connectivity index (χ0) is 14.0. The Balaban J connectivity index is 2.68. The molecule has 108 valence electrons. The maximum atomic E-state index is 11.9. The van der Waals surface area contributed by atoms with Crippen LogP contribution in [-0.2, 0) is 9.84 Å². The van der Waals surface area contributed by atoms with Crippen molar-refractivity contribution in [1.82, 2.24) is 10.2 Å². The maximum absolute atomic E-state index is 11.9. The molecule has 4 nitrogen and oxygen atoms in total. The van der Waals surface area contributed by atoms with Crippen molar-refractivity contribution in [3.63, 3.8) is 0 Å². The van der Waals surface area contributed by atoms with E-state index in [4.69, 9.17) is 0 Å². The van der Waals surface area contributed by atoms with Crippen molar-refractivity contribution in [3.05, 3.63) is 0 Å². The van der Waals surface area contributed by atoms with Crippen molar-refractivity contribution in [3.8, 4) is 0 Å². The highest BCUT2D eigenvalue weighted by atomic mass is 32.2. The molecule has 1 fully saturated rings. The second kappa shape index (κ2) is 5.88. The van der Waals surface area contributed by atoms with E-state index in [1.165, 1.54) is 0 Å². The van der Waals surface area contributed by atoms with Gasteiger partial charge < -0.3 is 5.32 Å². The van der Waals surface area contributed by atoms with Gasteiger partial charge in [-0.05, 0) is 34.1 Å². The van der Waals surface area contributed by atoms with E-state index in [-0.39, 0.29) is 16.5 Å². The third-order valence-corrected chi connectivity index (χ3v) is 6.40. The van der Waals surface area contributed by atoms with Gasteiger partial charge in [-0.25, -0.2) is 8.42 Å². The molecule has 5 heteroatoms. The van der Waals surface area contributed by atoms with Crippen molar-refractivity contribution < 1.29 is 8.42 Å². The average molecular weight is 276 g/mol. The molecule has 1 N–H and O–H groups in total. The number of piperazine rings is 1. The summed E-state index contributed by atoms with van der Waals surface area (Å²) in [4.78, 5) is 2.34. The van der Waals surface area contributed by atoms with E-state index in [2.05, 4.69) is 31.0 Å². The van der Waals surface area contributed by atoms with Crippen LogP contribution in [0, 0.1) is 0 Å². The predicted octanol–water partition coefficient (Wildman–Crippen LogP) is 1.27. The lowest BCUT2D eigenvalue weighted by atomic mass is 9.92. The summed E-state index contributed by atoms with van der Waals surface area (Å²) in [6.45, 7) is 12.6. The number of nitrogens with one attached hydrogen (secondary N) is 1. The quantitative estimate of drug-likeness (QED) is 0.821. The molecule has 0 aromatic heterocycles. The van der Waals surface area contributed by atoms with Gasteiger partial charge in [0.25, 0.3) is 0 Å². The average Bonchev–Trinajstić information content (AvgIpc) is 2.30. The molecule has 0 radical (unpaired) electrons. The lowest BCUT2D eigenvalue weighted by Gasteiger charge is -2.47. The minimum atomic E-state index is -2.94. The molecule has 1 heterocycles. The Kier molecular flexibility index (Phi) is 5.21. The molecule has 0 spiro atoms. The van der Waals surface area contributed by atoms with Crippen LogP contribution in [0.4, 0.5) is 0 Å². The lowest BCUT2D eigenvalue weighted by Crippen LogP contribution is -2.63. The normalized spacial score (nSPS) is 30.9. The van der Waals surface area contributed by atoms with Crippen LogP contribution >= 0.6 is 0 Å². The minimum Gasteiger partial charge on any atom is -0.311 e. The summed E-state index contributed by atoms with van der Waals surface area (Å²) < 4.78 is 23.8. The van der Waals surface area contributed by atoms with Gasteiger partial charge in [-0.3, -0.25) is 4.90 Å². The standard InChI is InChI=1S/C13H28N2O2S/c1-6-13(5)10-14-12(4)9-15(13)7-8-18(16,17)11(2)3/h11-12,14H,6-10H2,1-5H3. The predicted molar refractivity (Wildman–Crippen MR) is 76.7 cm³/mol. The molecule has 2 unspecified atom stereocenters. The highest BCUT2D eigenvalue weighted by molar-refractivity contribution is 7.92. The largest absolute Gasteiger partial charge is 0.311 e. The summed E-state index contributed by atoms with van der Waals surface area (Å²) in [5.41, 5.74) is 0.0824. The fourth-order valence-corrected chi connectivity index (χ4v) is 3.25. The first-order valence-corrected chi connectivity index (χ1v) is 8.63. The first kappa shape index (κ1) is 15.9. The number of hydrogen-bond donors (Lipinski definition) is 1. The van der Waals surface area contributed by atoms with Crippen molar-refractivity contribution in [2.75, 3.05) is 25.4 Å². The van der Waals surface area contributed by atoms with Crippen LogP contribution < -0.4 is 5.32 Å². The zero-order valence-electron chi connectivity index (χ0n) is 12.4. The highest BCUT2D eigenvalue weighted by Crippen LogP contribution is 2.22. The molecule has 0 saturated carbocycles. The molecular formula is C13H28N2O2S. The molecule has 0 amide bonds. The Hall–Kier alpha value is -0.130. The second-order valence-electron chi connectivity index (χ2n) is 5.99. The summed E-state index contributed by atoms with van der Waals surface area (Å²) in [6.07, 6.45) is 1.04. The number of sulfone groups is 1. The summed E-state index contributed by atoms with van der Waals surface area (Å²) in [5, 5.41) is 3.21. The molecular weight excluding hydrogens is 248 g/mol. The zero-order valence-corrected chi connectivity index (χ0v) is 13.2. The van der Waals surface area contributed by atoms with Gasteiger partial charge in [-0.15, -0.1) is 0 Å². The molecule has 18 heavy (non-hydrogen) atoms. The fourth-order valence-electron chi connectivity index (χ4n) is 2.30. The van der Waals surface area contributed by atoms with Crippen molar-refractivity contribution in [1.29, 1.82) is 0 Å². The van der Waals surface area contributed by atoms with Crippen LogP contribution in [0.25, 0.3) is 0 Å². The lowest BCUT2D eigenvalue weighted by molar-refractivity contribution is 0.0588.